The molecule has 1 aromatic rings. The summed E-state index contributed by atoms with van der Waals surface area (Å²) in [6, 6.07) is 0. The highest BCUT2D eigenvalue weighted by Crippen LogP contribution is 2.04. The van der Waals surface area contributed by atoms with Crippen molar-refractivity contribution < 1.29 is 10.0 Å². The number of aryl methyl sites for hydroxylation is 1. The van der Waals surface area contributed by atoms with Gasteiger partial charge in [-0.1, -0.05) is 5.16 Å². The van der Waals surface area contributed by atoms with E-state index in [2.05, 4.69) is 15.6 Å². The second kappa shape index (κ2) is 4.45. The number of oxime groups is 1. The molecule has 1 rings (SSSR count). The largest absolute Gasteiger partial charge is 0.409 e. The van der Waals surface area contributed by atoms with E-state index in [1.807, 2.05) is 0 Å². The highest BCUT2D eigenvalue weighted by Gasteiger charge is 2.12. The summed E-state index contributed by atoms with van der Waals surface area (Å²) in [6.45, 7) is 1.79. The maximum atomic E-state index is 11.5. The average molecular weight is 211 g/mol. The van der Waals surface area contributed by atoms with Gasteiger partial charge in [0, 0.05) is 12.7 Å². The fourth-order valence-electron chi connectivity index (χ4n) is 1.02. The first-order valence-electron chi connectivity index (χ1n) is 4.29. The first kappa shape index (κ1) is 11.0. The number of carbonyl (C=O) groups excluding carboxylic acids is 1. The van der Waals surface area contributed by atoms with Crippen LogP contribution >= 0.6 is 0 Å². The van der Waals surface area contributed by atoms with Gasteiger partial charge in [-0.25, -0.2) is 0 Å². The lowest BCUT2D eigenvalue weighted by atomic mass is 10.2. The minimum atomic E-state index is -0.299. The van der Waals surface area contributed by atoms with Crippen LogP contribution in [0.3, 0.4) is 0 Å². The van der Waals surface area contributed by atoms with Gasteiger partial charge < -0.3 is 16.3 Å². The third kappa shape index (κ3) is 2.46. The van der Waals surface area contributed by atoms with Crippen molar-refractivity contribution in [1.29, 1.82) is 0 Å². The number of aromatic nitrogens is 2. The third-order valence-electron chi connectivity index (χ3n) is 2.04. The number of nitrogens with zero attached hydrogens (tertiary/aromatic N) is 3. The Balaban J connectivity index is 2.66. The zero-order chi connectivity index (χ0) is 11.4. The zero-order valence-corrected chi connectivity index (χ0v) is 8.56. The highest BCUT2D eigenvalue weighted by molar-refractivity contribution is 5.97. The van der Waals surface area contributed by atoms with Crippen molar-refractivity contribution in [1.82, 2.24) is 15.1 Å². The van der Waals surface area contributed by atoms with E-state index >= 15 is 0 Å². The Morgan fingerprint density at radius 2 is 2.47 bits per heavy atom. The second-order valence-corrected chi connectivity index (χ2v) is 3.04. The smallest absolute Gasteiger partial charge is 0.255 e. The van der Waals surface area contributed by atoms with E-state index in [-0.39, 0.29) is 18.3 Å². The van der Waals surface area contributed by atoms with Gasteiger partial charge in [0.05, 0.1) is 18.3 Å². The molecule has 0 aliphatic carbocycles. The SMILES string of the molecule is Cc1c(C(=O)NC/C(N)=N/O)cnn1C. The Labute approximate surface area is 86.6 Å². The summed E-state index contributed by atoms with van der Waals surface area (Å²) in [4.78, 5) is 11.5. The van der Waals surface area contributed by atoms with E-state index < -0.39 is 0 Å². The molecule has 0 atom stereocenters. The Bertz CT molecular complexity index is 396. The van der Waals surface area contributed by atoms with E-state index in [0.717, 1.165) is 5.69 Å². The maximum Gasteiger partial charge on any atom is 0.255 e. The standard InChI is InChI=1S/C8H13N5O2/c1-5-6(3-11-13(5)2)8(14)10-4-7(9)12-15/h3,15H,4H2,1-2H3,(H2,9,12)(H,10,14). The molecule has 0 aliphatic rings. The molecule has 0 saturated carbocycles. The van der Waals surface area contributed by atoms with Gasteiger partial charge in [0.2, 0.25) is 0 Å². The van der Waals surface area contributed by atoms with Gasteiger partial charge in [0.1, 0.15) is 0 Å². The number of amidine groups is 1. The molecule has 0 radical (unpaired) electrons. The van der Waals surface area contributed by atoms with E-state index in [4.69, 9.17) is 10.9 Å². The lowest BCUT2D eigenvalue weighted by Crippen LogP contribution is -2.33. The summed E-state index contributed by atoms with van der Waals surface area (Å²) in [5.41, 5.74) is 6.44. The van der Waals surface area contributed by atoms with Gasteiger partial charge in [-0.05, 0) is 6.92 Å². The molecule has 4 N–H and O–H groups in total. The average Bonchev–Trinajstić information content (AvgIpc) is 2.56. The third-order valence-corrected chi connectivity index (χ3v) is 2.04. The summed E-state index contributed by atoms with van der Waals surface area (Å²) in [7, 11) is 1.75. The van der Waals surface area contributed by atoms with Crippen molar-refractivity contribution in [3.63, 3.8) is 0 Å². The van der Waals surface area contributed by atoms with E-state index in [9.17, 15) is 4.79 Å². The fourth-order valence-corrected chi connectivity index (χ4v) is 1.02. The van der Waals surface area contributed by atoms with Gasteiger partial charge in [-0.3, -0.25) is 9.48 Å². The van der Waals surface area contributed by atoms with Gasteiger partial charge in [0.15, 0.2) is 5.84 Å². The first-order valence-corrected chi connectivity index (χ1v) is 4.29. The molecule has 1 amide bonds. The number of nitrogens with one attached hydrogen (secondary N) is 1. The molecule has 0 bridgehead atoms. The quantitative estimate of drug-likeness (QED) is 0.263. The summed E-state index contributed by atoms with van der Waals surface area (Å²) in [5.74, 6) is -0.350. The normalized spacial score (nSPS) is 11.5. The Morgan fingerprint density at radius 3 is 2.93 bits per heavy atom. The molecule has 0 unspecified atom stereocenters. The van der Waals surface area contributed by atoms with Crippen LogP contribution in [0.4, 0.5) is 0 Å². The van der Waals surface area contributed by atoms with Gasteiger partial charge in [-0.2, -0.15) is 5.10 Å². The molecule has 1 heterocycles. The number of rotatable bonds is 3. The summed E-state index contributed by atoms with van der Waals surface area (Å²) < 4.78 is 1.60. The minimum absolute atomic E-state index is 0.00364. The predicted molar refractivity (Wildman–Crippen MR) is 53.7 cm³/mol. The summed E-state index contributed by atoms with van der Waals surface area (Å²) in [6.07, 6.45) is 1.47. The van der Waals surface area contributed by atoms with Crippen LogP contribution < -0.4 is 11.1 Å². The van der Waals surface area contributed by atoms with Crippen LogP contribution in [0.2, 0.25) is 0 Å². The van der Waals surface area contributed by atoms with Crippen LogP contribution in [0.15, 0.2) is 11.4 Å². The molecule has 0 saturated heterocycles. The van der Waals surface area contributed by atoms with Crippen LogP contribution in [0.5, 0.6) is 0 Å². The van der Waals surface area contributed by atoms with Crippen LogP contribution in [-0.2, 0) is 7.05 Å². The second-order valence-electron chi connectivity index (χ2n) is 3.04. The molecule has 1 aromatic heterocycles. The Morgan fingerprint density at radius 1 is 1.80 bits per heavy atom. The van der Waals surface area contributed by atoms with E-state index in [1.165, 1.54) is 6.20 Å². The molecule has 15 heavy (non-hydrogen) atoms. The van der Waals surface area contributed by atoms with Crippen LogP contribution in [0.25, 0.3) is 0 Å². The topological polar surface area (TPSA) is 106 Å². The molecule has 7 nitrogen and oxygen atoms in total. The van der Waals surface area contributed by atoms with Crippen molar-refractivity contribution in [2.24, 2.45) is 17.9 Å². The number of amides is 1. The van der Waals surface area contributed by atoms with Crippen LogP contribution in [-0.4, -0.2) is 33.3 Å². The van der Waals surface area contributed by atoms with Crippen LogP contribution in [0.1, 0.15) is 16.1 Å². The lowest BCUT2D eigenvalue weighted by molar-refractivity contribution is 0.0958. The molecular weight excluding hydrogens is 198 g/mol. The summed E-state index contributed by atoms with van der Waals surface area (Å²) >= 11 is 0. The molecule has 0 spiro atoms. The van der Waals surface area contributed by atoms with Crippen molar-refractivity contribution in [2.45, 2.75) is 6.92 Å². The van der Waals surface area contributed by atoms with Crippen molar-refractivity contribution in [3.05, 3.63) is 17.5 Å². The van der Waals surface area contributed by atoms with Gasteiger partial charge in [0.25, 0.3) is 5.91 Å². The number of nitrogens with two attached hydrogens (primary N) is 1. The maximum absolute atomic E-state index is 11.5. The minimum Gasteiger partial charge on any atom is -0.409 e. The van der Waals surface area contributed by atoms with Crippen molar-refractivity contribution >= 4 is 11.7 Å². The van der Waals surface area contributed by atoms with Gasteiger partial charge >= 0.3 is 0 Å². The number of carbonyl (C=O) groups is 1. The Hall–Kier alpha value is -2.05. The molecule has 0 aromatic carbocycles. The fraction of sp³-hybridized carbons (Fsp3) is 0.375. The lowest BCUT2D eigenvalue weighted by Gasteiger charge is -2.02. The number of hydrogen-bond donors (Lipinski definition) is 3. The van der Waals surface area contributed by atoms with Crippen LogP contribution in [0, 0.1) is 6.92 Å². The molecule has 7 heteroatoms. The van der Waals surface area contributed by atoms with Gasteiger partial charge in [-0.15, -0.1) is 0 Å². The van der Waals surface area contributed by atoms with Crippen molar-refractivity contribution in [2.75, 3.05) is 6.54 Å². The Kier molecular flexibility index (Phi) is 3.27. The zero-order valence-electron chi connectivity index (χ0n) is 8.56. The van der Waals surface area contributed by atoms with E-state index in [1.54, 1.807) is 18.7 Å². The monoisotopic (exact) mass is 211 g/mol. The molecule has 0 aliphatic heterocycles. The van der Waals surface area contributed by atoms with E-state index in [0.29, 0.717) is 5.56 Å². The van der Waals surface area contributed by atoms with Crippen molar-refractivity contribution in [3.8, 4) is 0 Å². The molecule has 82 valence electrons. The highest BCUT2D eigenvalue weighted by atomic mass is 16.4. The predicted octanol–water partition coefficient (Wildman–Crippen LogP) is -0.795. The number of hydrogen-bond acceptors (Lipinski definition) is 4. The molecule has 0 fully saturated rings. The first-order chi connectivity index (χ1) is 7.06. The molecular formula is C8H13N5O2. The summed E-state index contributed by atoms with van der Waals surface area (Å²) in [5, 5.41) is 17.4.